The summed E-state index contributed by atoms with van der Waals surface area (Å²) in [7, 11) is 1.77. The first-order valence-corrected chi connectivity index (χ1v) is 10.9. The molecule has 0 spiro atoms. The molecule has 31 heavy (non-hydrogen) atoms. The molecule has 9 heteroatoms. The Morgan fingerprint density at radius 2 is 2.00 bits per heavy atom. The van der Waals surface area contributed by atoms with E-state index in [0.29, 0.717) is 22.0 Å². The maximum atomic E-state index is 13.4. The average Bonchev–Trinajstić information content (AvgIpc) is 3.36. The van der Waals surface area contributed by atoms with E-state index in [1.54, 1.807) is 11.6 Å². The summed E-state index contributed by atoms with van der Waals surface area (Å²) in [5, 5.41) is 6.51. The SMILES string of the molecule is CCn1cc2c(Cl)c(-c3c[nH]c4nc(N5CCC(C)(N)CC5)n(C)c(=O)c34)ccc2n1. The van der Waals surface area contributed by atoms with E-state index >= 15 is 0 Å². The fourth-order valence-electron chi connectivity index (χ4n) is 4.34. The third-order valence-electron chi connectivity index (χ3n) is 6.36. The molecule has 1 fully saturated rings. The monoisotopic (exact) mass is 439 g/mol. The van der Waals surface area contributed by atoms with Crippen LogP contribution in [0.25, 0.3) is 33.1 Å². The number of nitrogens with one attached hydrogen (secondary N) is 1. The lowest BCUT2D eigenvalue weighted by molar-refractivity contribution is 0.360. The van der Waals surface area contributed by atoms with Crippen molar-refractivity contribution in [3.63, 3.8) is 0 Å². The second-order valence-electron chi connectivity index (χ2n) is 8.69. The number of aromatic amines is 1. The van der Waals surface area contributed by atoms with Crippen molar-refractivity contribution in [3.05, 3.63) is 39.9 Å². The van der Waals surface area contributed by atoms with Crippen LogP contribution in [0.1, 0.15) is 26.7 Å². The van der Waals surface area contributed by atoms with Gasteiger partial charge in [0.1, 0.15) is 5.65 Å². The number of fused-ring (bicyclic) bond motifs is 2. The second-order valence-corrected chi connectivity index (χ2v) is 9.07. The highest BCUT2D eigenvalue weighted by atomic mass is 35.5. The zero-order valence-electron chi connectivity index (χ0n) is 17.9. The van der Waals surface area contributed by atoms with E-state index in [1.807, 2.05) is 36.1 Å². The van der Waals surface area contributed by atoms with Crippen molar-refractivity contribution in [1.82, 2.24) is 24.3 Å². The minimum absolute atomic E-state index is 0.0993. The molecule has 3 N–H and O–H groups in total. The molecule has 0 amide bonds. The third kappa shape index (κ3) is 3.21. The molecule has 0 atom stereocenters. The Hall–Kier alpha value is -2.84. The van der Waals surface area contributed by atoms with Crippen molar-refractivity contribution in [2.24, 2.45) is 12.8 Å². The Morgan fingerprint density at radius 1 is 1.26 bits per heavy atom. The number of aromatic nitrogens is 5. The van der Waals surface area contributed by atoms with Crippen molar-refractivity contribution >= 4 is 39.5 Å². The van der Waals surface area contributed by atoms with Gasteiger partial charge in [0.25, 0.3) is 5.56 Å². The maximum absolute atomic E-state index is 13.4. The van der Waals surface area contributed by atoms with Crippen LogP contribution in [0.2, 0.25) is 5.02 Å². The van der Waals surface area contributed by atoms with E-state index in [1.165, 1.54) is 0 Å². The first-order chi connectivity index (χ1) is 14.8. The highest BCUT2D eigenvalue weighted by Crippen LogP contribution is 2.36. The van der Waals surface area contributed by atoms with Crippen LogP contribution in [0, 0.1) is 0 Å². The Bertz CT molecular complexity index is 1350. The fourth-order valence-corrected chi connectivity index (χ4v) is 4.65. The number of nitrogens with zero attached hydrogens (tertiary/aromatic N) is 5. The van der Waals surface area contributed by atoms with Crippen molar-refractivity contribution < 1.29 is 0 Å². The van der Waals surface area contributed by atoms with Crippen LogP contribution >= 0.6 is 11.6 Å². The van der Waals surface area contributed by atoms with Gasteiger partial charge in [-0.05, 0) is 32.8 Å². The summed E-state index contributed by atoms with van der Waals surface area (Å²) < 4.78 is 3.48. The first kappa shape index (κ1) is 20.1. The predicted octanol–water partition coefficient (Wildman–Crippen LogP) is 3.27. The summed E-state index contributed by atoms with van der Waals surface area (Å²) in [6.07, 6.45) is 5.47. The Morgan fingerprint density at radius 3 is 2.71 bits per heavy atom. The van der Waals surface area contributed by atoms with E-state index in [-0.39, 0.29) is 11.1 Å². The normalized spacial score (nSPS) is 16.5. The minimum atomic E-state index is -0.167. The van der Waals surface area contributed by atoms with Crippen molar-refractivity contribution in [1.29, 1.82) is 0 Å². The van der Waals surface area contributed by atoms with E-state index in [9.17, 15) is 4.79 Å². The highest BCUT2D eigenvalue weighted by Gasteiger charge is 2.28. The molecular weight excluding hydrogens is 414 g/mol. The van der Waals surface area contributed by atoms with E-state index in [0.717, 1.165) is 54.5 Å². The number of hydrogen-bond donors (Lipinski definition) is 2. The number of rotatable bonds is 3. The lowest BCUT2D eigenvalue weighted by Gasteiger charge is -2.37. The smallest absolute Gasteiger partial charge is 0.264 e. The van der Waals surface area contributed by atoms with Gasteiger partial charge in [0.05, 0.1) is 15.9 Å². The molecular formula is C22H26ClN7O. The quantitative estimate of drug-likeness (QED) is 0.510. The van der Waals surface area contributed by atoms with Crippen molar-refractivity contribution in [3.8, 4) is 11.1 Å². The number of anilines is 1. The van der Waals surface area contributed by atoms with E-state index < -0.39 is 0 Å². The lowest BCUT2D eigenvalue weighted by atomic mass is 9.91. The van der Waals surface area contributed by atoms with Crippen LogP contribution in [0.15, 0.2) is 29.3 Å². The number of piperidine rings is 1. The van der Waals surface area contributed by atoms with Crippen LogP contribution in [0.4, 0.5) is 5.95 Å². The van der Waals surface area contributed by atoms with Crippen LogP contribution in [-0.2, 0) is 13.6 Å². The van der Waals surface area contributed by atoms with Crippen LogP contribution in [0.5, 0.6) is 0 Å². The van der Waals surface area contributed by atoms with Crippen molar-refractivity contribution in [2.75, 3.05) is 18.0 Å². The van der Waals surface area contributed by atoms with Crippen LogP contribution in [-0.4, -0.2) is 42.9 Å². The molecule has 5 rings (SSSR count). The Kier molecular flexibility index (Phi) is 4.60. The second kappa shape index (κ2) is 7.10. The summed E-state index contributed by atoms with van der Waals surface area (Å²) in [6, 6.07) is 3.85. The zero-order chi connectivity index (χ0) is 21.9. The van der Waals surface area contributed by atoms with E-state index in [2.05, 4.69) is 21.9 Å². The molecule has 4 aromatic rings. The number of nitrogens with two attached hydrogens (primary N) is 1. The molecule has 3 aromatic heterocycles. The van der Waals surface area contributed by atoms with Gasteiger partial charge in [-0.3, -0.25) is 14.0 Å². The van der Waals surface area contributed by atoms with Gasteiger partial charge in [-0.1, -0.05) is 17.7 Å². The van der Waals surface area contributed by atoms with Gasteiger partial charge in [0.2, 0.25) is 5.95 Å². The van der Waals surface area contributed by atoms with Gasteiger partial charge >= 0.3 is 0 Å². The topological polar surface area (TPSA) is 97.8 Å². The van der Waals surface area contributed by atoms with Crippen LogP contribution < -0.4 is 16.2 Å². The van der Waals surface area contributed by atoms with Gasteiger partial charge in [-0.25, -0.2) is 0 Å². The average molecular weight is 440 g/mol. The van der Waals surface area contributed by atoms with Gasteiger partial charge in [0.15, 0.2) is 0 Å². The maximum Gasteiger partial charge on any atom is 0.264 e. The van der Waals surface area contributed by atoms with Gasteiger partial charge in [0, 0.05) is 61.1 Å². The molecule has 1 aromatic carbocycles. The molecule has 4 heterocycles. The molecule has 0 bridgehead atoms. The summed E-state index contributed by atoms with van der Waals surface area (Å²) in [5.74, 6) is 0.659. The summed E-state index contributed by atoms with van der Waals surface area (Å²) >= 11 is 6.76. The number of hydrogen-bond acceptors (Lipinski definition) is 5. The molecule has 0 saturated carbocycles. The molecule has 1 aliphatic heterocycles. The standard InChI is InChI=1S/C22H26ClN7O/c1-4-30-12-15-16(27-30)6-5-13(18(15)23)14-11-25-19-17(14)20(31)28(3)21(26-19)29-9-7-22(2,24)8-10-29/h5-6,11-12,25H,4,7-10,24H2,1-3H3. The van der Waals surface area contributed by atoms with E-state index in [4.69, 9.17) is 22.3 Å². The minimum Gasteiger partial charge on any atom is -0.345 e. The summed E-state index contributed by atoms with van der Waals surface area (Å²) in [6.45, 7) is 6.42. The Balaban J connectivity index is 1.62. The molecule has 8 nitrogen and oxygen atoms in total. The fraction of sp³-hybridized carbons (Fsp3) is 0.409. The lowest BCUT2D eigenvalue weighted by Crippen LogP contribution is -2.49. The van der Waals surface area contributed by atoms with Gasteiger partial charge < -0.3 is 15.6 Å². The predicted molar refractivity (Wildman–Crippen MR) is 125 cm³/mol. The molecule has 1 saturated heterocycles. The molecule has 162 valence electrons. The Labute approximate surface area is 184 Å². The largest absolute Gasteiger partial charge is 0.345 e. The highest BCUT2D eigenvalue weighted by molar-refractivity contribution is 6.38. The zero-order valence-corrected chi connectivity index (χ0v) is 18.7. The summed E-state index contributed by atoms with van der Waals surface area (Å²) in [4.78, 5) is 23.5. The van der Waals surface area contributed by atoms with Gasteiger partial charge in [-0.15, -0.1) is 0 Å². The number of aryl methyl sites for hydroxylation is 1. The van der Waals surface area contributed by atoms with Crippen molar-refractivity contribution in [2.45, 2.75) is 38.8 Å². The third-order valence-corrected chi connectivity index (χ3v) is 6.77. The van der Waals surface area contributed by atoms with Crippen LogP contribution in [0.3, 0.4) is 0 Å². The molecule has 0 aliphatic carbocycles. The summed E-state index contributed by atoms with van der Waals surface area (Å²) in [5.41, 5.74) is 8.94. The molecule has 0 unspecified atom stereocenters. The number of benzene rings is 1. The van der Waals surface area contributed by atoms with Gasteiger partial charge in [-0.2, -0.15) is 10.1 Å². The molecule has 0 radical (unpaired) electrons. The number of halogens is 1. The molecule has 1 aliphatic rings. The number of H-pyrrole nitrogens is 1. The first-order valence-electron chi connectivity index (χ1n) is 10.6.